The van der Waals surface area contributed by atoms with Gasteiger partial charge >= 0.3 is 0 Å². The highest BCUT2D eigenvalue weighted by atomic mass is 16.3. The van der Waals surface area contributed by atoms with Gasteiger partial charge in [-0.15, -0.1) is 0 Å². The molecule has 3 aromatic heterocycles. The number of imidazole rings is 1. The lowest BCUT2D eigenvalue weighted by atomic mass is 9.76. The van der Waals surface area contributed by atoms with Crippen LogP contribution in [0.4, 0.5) is 0 Å². The van der Waals surface area contributed by atoms with Gasteiger partial charge in [0, 0.05) is 38.6 Å². The molecule has 5 heteroatoms. The highest BCUT2D eigenvalue weighted by Crippen LogP contribution is 2.46. The van der Waals surface area contributed by atoms with Crippen molar-refractivity contribution in [3.05, 3.63) is 180 Å². The first-order valence-corrected chi connectivity index (χ1v) is 21.5. The Morgan fingerprint density at radius 3 is 2.00 bits per heavy atom. The maximum atomic E-state index is 12.3. The lowest BCUT2D eigenvalue weighted by molar-refractivity contribution is 0.446. The topological polar surface area (TPSA) is 64.1 Å². The first kappa shape index (κ1) is 39.2. The van der Waals surface area contributed by atoms with Crippen molar-refractivity contribution in [3.63, 3.8) is 0 Å². The molecular formula is C57H51N3O2. The molecule has 0 atom stereocenters. The molecule has 0 unspecified atom stereocenters. The van der Waals surface area contributed by atoms with E-state index in [4.69, 9.17) is 14.4 Å². The average Bonchev–Trinajstić information content (AvgIpc) is 3.85. The number of nitrogens with zero attached hydrogens (tertiary/aromatic N) is 3. The monoisotopic (exact) mass is 809 g/mol. The third-order valence-electron chi connectivity index (χ3n) is 12.7. The standard InChI is InChI=1S/C57H51N3O2/c1-55(2,3)39-31-45(53(61)46(32-39)56(4,5)6)54-59-52-43(24-17-25-48(52)60(54)41-21-13-10-14-22-41)36-28-37(30-40(29-36)57(7,8)38-19-11-9-12-20-38)47-33-44-50(34-58-47)62-49-27-26-35-18-15-16-23-42(35)51(44)49/h9-34,61H,1-8H3. The first-order valence-electron chi connectivity index (χ1n) is 21.5. The second-order valence-electron chi connectivity index (χ2n) is 19.3. The fraction of sp³-hybridized carbons (Fsp3) is 0.193. The van der Waals surface area contributed by atoms with Crippen LogP contribution in [-0.2, 0) is 16.2 Å². The van der Waals surface area contributed by atoms with Crippen LogP contribution in [0.25, 0.3) is 83.2 Å². The number of para-hydroxylation sites is 2. The van der Waals surface area contributed by atoms with Crippen molar-refractivity contribution in [2.24, 2.45) is 0 Å². The molecule has 3 heterocycles. The smallest absolute Gasteiger partial charge is 0.153 e. The van der Waals surface area contributed by atoms with E-state index in [0.29, 0.717) is 11.4 Å². The van der Waals surface area contributed by atoms with Crippen LogP contribution >= 0.6 is 0 Å². The number of phenolic OH excluding ortho intramolecular Hbond substituents is 1. The van der Waals surface area contributed by atoms with Gasteiger partial charge in [-0.2, -0.15) is 0 Å². The van der Waals surface area contributed by atoms with Crippen molar-refractivity contribution >= 4 is 43.7 Å². The fourth-order valence-electron chi connectivity index (χ4n) is 9.08. The molecule has 0 aliphatic carbocycles. The van der Waals surface area contributed by atoms with Gasteiger partial charge in [-0.1, -0.05) is 159 Å². The third kappa shape index (κ3) is 6.55. The number of phenols is 1. The van der Waals surface area contributed by atoms with Gasteiger partial charge in [0.2, 0.25) is 0 Å². The van der Waals surface area contributed by atoms with Crippen molar-refractivity contribution in [1.82, 2.24) is 14.5 Å². The van der Waals surface area contributed by atoms with Gasteiger partial charge in [-0.3, -0.25) is 9.55 Å². The Kier molecular flexibility index (Phi) is 9.04. The Morgan fingerprint density at radius 1 is 0.548 bits per heavy atom. The minimum atomic E-state index is -0.348. The molecule has 7 aromatic carbocycles. The van der Waals surface area contributed by atoms with Gasteiger partial charge in [-0.25, -0.2) is 4.98 Å². The van der Waals surface area contributed by atoms with E-state index < -0.39 is 0 Å². The highest BCUT2D eigenvalue weighted by molar-refractivity contribution is 6.19. The summed E-state index contributed by atoms with van der Waals surface area (Å²) in [6.07, 6.45) is 1.87. The van der Waals surface area contributed by atoms with Crippen molar-refractivity contribution in [3.8, 4) is 45.2 Å². The summed E-state index contributed by atoms with van der Waals surface area (Å²) in [5.41, 5.74) is 12.6. The van der Waals surface area contributed by atoms with Crippen LogP contribution in [0, 0.1) is 0 Å². The van der Waals surface area contributed by atoms with Crippen LogP contribution in [0.3, 0.4) is 0 Å². The van der Waals surface area contributed by atoms with E-state index in [2.05, 4.69) is 206 Å². The van der Waals surface area contributed by atoms with Crippen molar-refractivity contribution < 1.29 is 9.52 Å². The lowest BCUT2D eigenvalue weighted by Crippen LogP contribution is -2.19. The second kappa shape index (κ2) is 14.3. The Morgan fingerprint density at radius 2 is 1.26 bits per heavy atom. The maximum Gasteiger partial charge on any atom is 0.153 e. The Bertz CT molecular complexity index is 3340. The minimum Gasteiger partial charge on any atom is -0.507 e. The summed E-state index contributed by atoms with van der Waals surface area (Å²) in [5, 5.41) is 16.7. The van der Waals surface area contributed by atoms with Gasteiger partial charge in [-0.05, 0) is 92.4 Å². The van der Waals surface area contributed by atoms with Gasteiger partial charge in [0.15, 0.2) is 5.58 Å². The van der Waals surface area contributed by atoms with E-state index in [1.807, 2.05) is 12.3 Å². The summed E-state index contributed by atoms with van der Waals surface area (Å²) in [5.74, 6) is 0.953. The van der Waals surface area contributed by atoms with Crippen molar-refractivity contribution in [2.75, 3.05) is 0 Å². The van der Waals surface area contributed by atoms with Crippen molar-refractivity contribution in [1.29, 1.82) is 0 Å². The predicted octanol–water partition coefficient (Wildman–Crippen LogP) is 15.1. The lowest BCUT2D eigenvalue weighted by Gasteiger charge is -2.27. The quantitative estimate of drug-likeness (QED) is 0.182. The minimum absolute atomic E-state index is 0.160. The highest BCUT2D eigenvalue weighted by Gasteiger charge is 2.30. The van der Waals surface area contributed by atoms with Crippen LogP contribution in [-0.4, -0.2) is 19.6 Å². The number of hydrogen-bond donors (Lipinski definition) is 1. The van der Waals surface area contributed by atoms with Crippen LogP contribution < -0.4 is 0 Å². The van der Waals surface area contributed by atoms with E-state index >= 15 is 0 Å². The molecule has 10 rings (SSSR count). The fourth-order valence-corrected chi connectivity index (χ4v) is 9.08. The predicted molar refractivity (Wildman–Crippen MR) is 258 cm³/mol. The molecule has 0 radical (unpaired) electrons. The molecular weight excluding hydrogens is 759 g/mol. The number of benzene rings is 7. The Balaban J connectivity index is 1.25. The summed E-state index contributed by atoms with van der Waals surface area (Å²) in [7, 11) is 0. The van der Waals surface area contributed by atoms with Crippen LogP contribution in [0.1, 0.15) is 77.6 Å². The molecule has 0 aliphatic heterocycles. The Hall–Kier alpha value is -6.98. The van der Waals surface area contributed by atoms with Crippen LogP contribution in [0.2, 0.25) is 0 Å². The maximum absolute atomic E-state index is 12.3. The van der Waals surface area contributed by atoms with E-state index in [-0.39, 0.29) is 22.0 Å². The molecule has 0 bridgehead atoms. The summed E-state index contributed by atoms with van der Waals surface area (Å²) in [6.45, 7) is 17.7. The number of aromatic hydroxyl groups is 1. The number of hydrogen-bond acceptors (Lipinski definition) is 4. The number of furan rings is 1. The molecule has 0 fully saturated rings. The van der Waals surface area contributed by atoms with E-state index in [9.17, 15) is 5.11 Å². The molecule has 0 saturated carbocycles. The van der Waals surface area contributed by atoms with Gasteiger partial charge in [0.25, 0.3) is 0 Å². The van der Waals surface area contributed by atoms with Gasteiger partial charge in [0.05, 0.1) is 28.5 Å². The van der Waals surface area contributed by atoms with Gasteiger partial charge in [0.1, 0.15) is 17.2 Å². The van der Waals surface area contributed by atoms with Crippen molar-refractivity contribution in [2.45, 2.75) is 71.6 Å². The SMILES string of the molecule is CC(C)(C)c1cc(-c2nc3c(-c4cc(-c5cc6c(cn5)oc5ccc7ccccc7c56)cc(C(C)(C)c5ccccc5)c4)cccc3n2-c2ccccc2)c(O)c(C(C)(C)C)c1. The number of rotatable bonds is 6. The summed E-state index contributed by atoms with van der Waals surface area (Å²) in [4.78, 5) is 10.6. The average molecular weight is 810 g/mol. The number of fused-ring (bicyclic) bond motifs is 6. The summed E-state index contributed by atoms with van der Waals surface area (Å²) < 4.78 is 8.59. The molecule has 5 nitrogen and oxygen atoms in total. The molecule has 10 aromatic rings. The first-order chi connectivity index (χ1) is 29.7. The third-order valence-corrected chi connectivity index (χ3v) is 12.7. The summed E-state index contributed by atoms with van der Waals surface area (Å²) >= 11 is 0. The Labute approximate surface area is 363 Å². The summed E-state index contributed by atoms with van der Waals surface area (Å²) in [6, 6.07) is 53.5. The van der Waals surface area contributed by atoms with E-state index in [1.165, 1.54) is 10.9 Å². The molecule has 0 saturated heterocycles. The van der Waals surface area contributed by atoms with E-state index in [1.54, 1.807) is 0 Å². The largest absolute Gasteiger partial charge is 0.507 e. The zero-order valence-corrected chi connectivity index (χ0v) is 36.7. The van der Waals surface area contributed by atoms with Crippen LogP contribution in [0.5, 0.6) is 5.75 Å². The van der Waals surface area contributed by atoms with Gasteiger partial charge < -0.3 is 9.52 Å². The molecule has 0 spiro atoms. The molecule has 306 valence electrons. The zero-order chi connectivity index (χ0) is 43.1. The van der Waals surface area contributed by atoms with Crippen LogP contribution in [0.15, 0.2) is 162 Å². The molecule has 1 N–H and O–H groups in total. The number of aromatic nitrogens is 3. The number of pyridine rings is 1. The molecule has 0 aliphatic rings. The normalized spacial score (nSPS) is 12.6. The zero-order valence-electron chi connectivity index (χ0n) is 36.7. The molecule has 0 amide bonds. The van der Waals surface area contributed by atoms with E-state index in [0.717, 1.165) is 83.1 Å². The molecule has 62 heavy (non-hydrogen) atoms. The second-order valence-corrected chi connectivity index (χ2v) is 19.3.